The van der Waals surface area contributed by atoms with E-state index in [1.807, 2.05) is 20.8 Å². The van der Waals surface area contributed by atoms with Gasteiger partial charge in [0.05, 0.1) is 10.6 Å². The molecule has 3 aromatic carbocycles. The molecule has 2 atom stereocenters. The van der Waals surface area contributed by atoms with Crippen molar-refractivity contribution in [1.82, 2.24) is 10.2 Å². The van der Waals surface area contributed by atoms with Gasteiger partial charge in [-0.2, -0.15) is 0 Å². The molecule has 2 unspecified atom stereocenters. The summed E-state index contributed by atoms with van der Waals surface area (Å²) in [6.07, 6.45) is 1.05. The maximum absolute atomic E-state index is 14.1. The van der Waals surface area contributed by atoms with Crippen molar-refractivity contribution in [2.45, 2.75) is 64.1 Å². The fraction of sp³-hybridized carbons (Fsp3) is 0.333. The number of rotatable bonds is 12. The summed E-state index contributed by atoms with van der Waals surface area (Å²) >= 11 is 12.6. The second kappa shape index (κ2) is 14.0. The number of carbonyl (C=O) groups is 2. The highest BCUT2D eigenvalue weighted by atomic mass is 35.5. The number of anilines is 1. The van der Waals surface area contributed by atoms with Crippen LogP contribution in [0.15, 0.2) is 77.7 Å². The molecule has 0 radical (unpaired) electrons. The lowest BCUT2D eigenvalue weighted by atomic mass is 10.1. The van der Waals surface area contributed by atoms with Gasteiger partial charge in [-0.15, -0.1) is 0 Å². The summed E-state index contributed by atoms with van der Waals surface area (Å²) in [6.45, 7) is 6.90. The van der Waals surface area contributed by atoms with Gasteiger partial charge in [0.1, 0.15) is 12.6 Å². The van der Waals surface area contributed by atoms with Gasteiger partial charge >= 0.3 is 0 Å². The molecule has 40 heavy (non-hydrogen) atoms. The molecule has 0 saturated heterocycles. The third-order valence-corrected chi connectivity index (χ3v) is 9.10. The molecule has 0 aliphatic heterocycles. The van der Waals surface area contributed by atoms with Gasteiger partial charge in [0.15, 0.2) is 0 Å². The smallest absolute Gasteiger partial charge is 0.264 e. The number of nitrogens with one attached hydrogen (secondary N) is 1. The number of sulfonamides is 1. The molecule has 3 aromatic rings. The number of amides is 2. The van der Waals surface area contributed by atoms with Gasteiger partial charge in [0.2, 0.25) is 11.8 Å². The zero-order valence-electron chi connectivity index (χ0n) is 23.1. The minimum atomic E-state index is -4.16. The van der Waals surface area contributed by atoms with Crippen LogP contribution in [0, 0.1) is 6.92 Å². The van der Waals surface area contributed by atoms with Crippen LogP contribution < -0.4 is 9.62 Å². The van der Waals surface area contributed by atoms with E-state index in [1.54, 1.807) is 67.6 Å². The Bertz CT molecular complexity index is 1430. The molecule has 0 aromatic heterocycles. The van der Waals surface area contributed by atoms with Gasteiger partial charge < -0.3 is 10.2 Å². The van der Waals surface area contributed by atoms with Crippen molar-refractivity contribution in [2.24, 2.45) is 0 Å². The van der Waals surface area contributed by atoms with Gasteiger partial charge in [-0.3, -0.25) is 13.9 Å². The molecule has 10 heteroatoms. The van der Waals surface area contributed by atoms with Gasteiger partial charge in [-0.1, -0.05) is 73.4 Å². The maximum atomic E-state index is 14.1. The van der Waals surface area contributed by atoms with Crippen LogP contribution in [0.2, 0.25) is 10.0 Å². The van der Waals surface area contributed by atoms with E-state index in [2.05, 4.69) is 5.32 Å². The third-order valence-electron chi connectivity index (χ3n) is 6.72. The average Bonchev–Trinajstić information content (AvgIpc) is 2.93. The summed E-state index contributed by atoms with van der Waals surface area (Å²) in [5.41, 5.74) is 1.54. The Kier molecular flexibility index (Phi) is 11.0. The first-order chi connectivity index (χ1) is 19.0. The van der Waals surface area contributed by atoms with Crippen LogP contribution in [0.25, 0.3) is 0 Å². The van der Waals surface area contributed by atoms with Crippen molar-refractivity contribution in [2.75, 3.05) is 10.8 Å². The number of benzene rings is 3. The first-order valence-electron chi connectivity index (χ1n) is 13.2. The third kappa shape index (κ3) is 7.56. The molecule has 2 amide bonds. The Morgan fingerprint density at radius 1 is 0.925 bits per heavy atom. The number of nitrogens with zero attached hydrogens (tertiary/aromatic N) is 2. The summed E-state index contributed by atoms with van der Waals surface area (Å²) in [6, 6.07) is 18.9. The first-order valence-corrected chi connectivity index (χ1v) is 15.4. The van der Waals surface area contributed by atoms with Crippen LogP contribution >= 0.6 is 23.2 Å². The Labute approximate surface area is 247 Å². The number of carbonyl (C=O) groups excluding carboxylic acids is 2. The Morgan fingerprint density at radius 3 is 2.17 bits per heavy atom. The highest BCUT2D eigenvalue weighted by Crippen LogP contribution is 2.30. The minimum Gasteiger partial charge on any atom is -0.352 e. The van der Waals surface area contributed by atoms with E-state index in [-0.39, 0.29) is 23.4 Å². The normalized spacial score (nSPS) is 12.8. The summed E-state index contributed by atoms with van der Waals surface area (Å²) in [4.78, 5) is 28.9. The predicted octanol–water partition coefficient (Wildman–Crippen LogP) is 6.22. The van der Waals surface area contributed by atoms with Crippen molar-refractivity contribution in [3.8, 4) is 0 Å². The fourth-order valence-electron chi connectivity index (χ4n) is 4.30. The molecule has 0 spiro atoms. The summed E-state index contributed by atoms with van der Waals surface area (Å²) in [5, 5.41) is 3.85. The molecular weight excluding hydrogens is 569 g/mol. The zero-order valence-corrected chi connectivity index (χ0v) is 25.4. The van der Waals surface area contributed by atoms with Crippen molar-refractivity contribution in [3.63, 3.8) is 0 Å². The molecule has 0 fully saturated rings. The first kappa shape index (κ1) is 31.5. The van der Waals surface area contributed by atoms with E-state index in [9.17, 15) is 18.0 Å². The monoisotopic (exact) mass is 603 g/mol. The second-order valence-corrected chi connectivity index (χ2v) is 12.3. The molecule has 214 valence electrons. The predicted molar refractivity (Wildman–Crippen MR) is 161 cm³/mol. The summed E-state index contributed by atoms with van der Waals surface area (Å²) < 4.78 is 28.9. The van der Waals surface area contributed by atoms with Crippen LogP contribution in [0.3, 0.4) is 0 Å². The highest BCUT2D eigenvalue weighted by Gasteiger charge is 2.34. The van der Waals surface area contributed by atoms with E-state index in [4.69, 9.17) is 23.2 Å². The van der Waals surface area contributed by atoms with Gasteiger partial charge in [-0.25, -0.2) is 8.42 Å². The SMILES string of the molecule is CCC(C)NC(=O)C(CC)N(Cc1ccccc1Cl)C(=O)CN(c1ccc(Cl)cc1C)S(=O)(=O)c1ccccc1. The molecule has 0 heterocycles. The largest absolute Gasteiger partial charge is 0.352 e. The van der Waals surface area contributed by atoms with Gasteiger partial charge in [0, 0.05) is 22.6 Å². The number of halogens is 2. The van der Waals surface area contributed by atoms with E-state index in [0.717, 1.165) is 10.7 Å². The fourth-order valence-corrected chi connectivity index (χ4v) is 6.22. The lowest BCUT2D eigenvalue weighted by Gasteiger charge is -2.34. The van der Waals surface area contributed by atoms with Gasteiger partial charge in [-0.05, 0) is 74.2 Å². The van der Waals surface area contributed by atoms with E-state index in [1.165, 1.54) is 17.0 Å². The zero-order chi connectivity index (χ0) is 29.4. The van der Waals surface area contributed by atoms with Crippen LogP contribution in [-0.4, -0.2) is 43.8 Å². The lowest BCUT2D eigenvalue weighted by molar-refractivity contribution is -0.140. The summed E-state index contributed by atoms with van der Waals surface area (Å²) in [7, 11) is -4.16. The molecule has 0 aliphatic carbocycles. The van der Waals surface area contributed by atoms with Crippen molar-refractivity contribution < 1.29 is 18.0 Å². The minimum absolute atomic E-state index is 0.0315. The number of hydrogen-bond acceptors (Lipinski definition) is 4. The Hall–Kier alpha value is -3.07. The van der Waals surface area contributed by atoms with Crippen LogP contribution in [0.4, 0.5) is 5.69 Å². The molecule has 0 aliphatic rings. The molecule has 0 saturated carbocycles. The second-order valence-electron chi connectivity index (χ2n) is 9.61. The van der Waals surface area contributed by atoms with E-state index >= 15 is 0 Å². The Morgan fingerprint density at radius 2 is 1.57 bits per heavy atom. The van der Waals surface area contributed by atoms with Crippen molar-refractivity contribution >= 4 is 50.7 Å². The highest BCUT2D eigenvalue weighted by molar-refractivity contribution is 7.92. The molecule has 1 N–H and O–H groups in total. The van der Waals surface area contributed by atoms with Crippen molar-refractivity contribution in [3.05, 3.63) is 94.0 Å². The number of aryl methyl sites for hydroxylation is 1. The number of hydrogen-bond donors (Lipinski definition) is 1. The van der Waals surface area contributed by atoms with Crippen LogP contribution in [-0.2, 0) is 26.2 Å². The quantitative estimate of drug-likeness (QED) is 0.266. The summed E-state index contributed by atoms with van der Waals surface area (Å²) in [5.74, 6) is -0.850. The van der Waals surface area contributed by atoms with Crippen LogP contribution in [0.1, 0.15) is 44.7 Å². The standard InChI is InChI=1S/C30H35Cl2N3O4S/c1-5-22(4)33-30(37)27(6-2)34(19-23-12-10-11-15-26(23)32)29(36)20-35(28-17-16-24(31)18-21(28)3)40(38,39)25-13-8-7-9-14-25/h7-18,22,27H,5-6,19-20H2,1-4H3,(H,33,37). The van der Waals surface area contributed by atoms with Crippen LogP contribution in [0.5, 0.6) is 0 Å². The van der Waals surface area contributed by atoms with Crippen molar-refractivity contribution in [1.29, 1.82) is 0 Å². The lowest BCUT2D eigenvalue weighted by Crippen LogP contribution is -2.53. The molecule has 7 nitrogen and oxygen atoms in total. The maximum Gasteiger partial charge on any atom is 0.264 e. The average molecular weight is 605 g/mol. The molecular formula is C30H35Cl2N3O4S. The van der Waals surface area contributed by atoms with E-state index < -0.39 is 28.5 Å². The topological polar surface area (TPSA) is 86.8 Å². The Balaban J connectivity index is 2.09. The molecule has 0 bridgehead atoms. The molecule has 3 rings (SSSR count). The van der Waals surface area contributed by atoms with E-state index in [0.29, 0.717) is 33.3 Å². The van der Waals surface area contributed by atoms with Gasteiger partial charge in [0.25, 0.3) is 10.0 Å².